The molecule has 1 atom stereocenters. The van der Waals surface area contributed by atoms with Crippen LogP contribution < -0.4 is 5.32 Å². The number of hydrogen-bond donors (Lipinski definition) is 3. The van der Waals surface area contributed by atoms with Crippen LogP contribution in [0.15, 0.2) is 0 Å². The summed E-state index contributed by atoms with van der Waals surface area (Å²) in [5, 5.41) is 19.6. The topological polar surface area (TPSA) is 107 Å². The average molecular weight is 258 g/mol. The summed E-state index contributed by atoms with van der Waals surface area (Å²) in [6.45, 7) is 2.87. The van der Waals surface area contributed by atoms with Gasteiger partial charge in [-0.2, -0.15) is 0 Å². The van der Waals surface area contributed by atoms with Crippen molar-refractivity contribution in [1.82, 2.24) is 10.2 Å². The highest BCUT2D eigenvalue weighted by molar-refractivity contribution is 5.86. The van der Waals surface area contributed by atoms with Crippen LogP contribution in [0, 0.1) is 5.92 Å². The molecular formula is C11H18N2O5. The second-order valence-electron chi connectivity index (χ2n) is 4.42. The molecule has 102 valence electrons. The minimum atomic E-state index is -1.39. The average Bonchev–Trinajstić information content (AvgIpc) is 3.07. The number of hydrogen-bond acceptors (Lipinski definition) is 3. The van der Waals surface area contributed by atoms with E-state index in [9.17, 15) is 14.4 Å². The summed E-state index contributed by atoms with van der Waals surface area (Å²) in [5.74, 6) is -2.10. The van der Waals surface area contributed by atoms with Crippen LogP contribution in [0.2, 0.25) is 0 Å². The van der Waals surface area contributed by atoms with Gasteiger partial charge in [0.2, 0.25) is 0 Å². The van der Waals surface area contributed by atoms with Crippen LogP contribution in [0.5, 0.6) is 0 Å². The van der Waals surface area contributed by atoms with Gasteiger partial charge in [-0.3, -0.25) is 4.79 Å². The summed E-state index contributed by atoms with van der Waals surface area (Å²) in [4.78, 5) is 34.6. The maximum atomic E-state index is 11.8. The molecule has 1 fully saturated rings. The molecule has 0 saturated heterocycles. The maximum absolute atomic E-state index is 11.8. The summed E-state index contributed by atoms with van der Waals surface area (Å²) < 4.78 is 0. The van der Waals surface area contributed by atoms with Crippen molar-refractivity contribution in [3.05, 3.63) is 0 Å². The molecule has 0 aromatic heterocycles. The minimum Gasteiger partial charge on any atom is -0.481 e. The van der Waals surface area contributed by atoms with Gasteiger partial charge in [0.1, 0.15) is 6.04 Å². The third kappa shape index (κ3) is 4.60. The highest BCUT2D eigenvalue weighted by Crippen LogP contribution is 2.29. The molecule has 18 heavy (non-hydrogen) atoms. The number of amides is 2. The summed E-state index contributed by atoms with van der Waals surface area (Å²) in [6, 6.07) is -1.90. The normalized spacial score (nSPS) is 15.8. The van der Waals surface area contributed by atoms with Crippen molar-refractivity contribution in [2.75, 3.05) is 13.1 Å². The van der Waals surface area contributed by atoms with Crippen LogP contribution in [0.4, 0.5) is 4.79 Å². The number of nitrogens with zero attached hydrogens (tertiary/aromatic N) is 1. The molecular weight excluding hydrogens is 240 g/mol. The molecule has 1 saturated carbocycles. The second kappa shape index (κ2) is 6.23. The van der Waals surface area contributed by atoms with Crippen molar-refractivity contribution in [2.24, 2.45) is 5.92 Å². The number of nitrogens with one attached hydrogen (secondary N) is 1. The van der Waals surface area contributed by atoms with Gasteiger partial charge in [0.15, 0.2) is 0 Å². The van der Waals surface area contributed by atoms with E-state index in [-0.39, 0.29) is 0 Å². The smallest absolute Gasteiger partial charge is 0.326 e. The first-order valence-corrected chi connectivity index (χ1v) is 5.94. The van der Waals surface area contributed by atoms with Crippen LogP contribution in [-0.4, -0.2) is 52.2 Å². The van der Waals surface area contributed by atoms with Crippen LogP contribution >= 0.6 is 0 Å². The molecule has 1 aliphatic carbocycles. The molecule has 0 aromatic carbocycles. The first kappa shape index (κ1) is 14.3. The van der Waals surface area contributed by atoms with Gasteiger partial charge in [0.25, 0.3) is 0 Å². The first-order valence-electron chi connectivity index (χ1n) is 5.94. The van der Waals surface area contributed by atoms with Gasteiger partial charge in [-0.05, 0) is 25.7 Å². The quantitative estimate of drug-likeness (QED) is 0.611. The largest absolute Gasteiger partial charge is 0.481 e. The molecule has 0 bridgehead atoms. The Balaban J connectivity index is 2.51. The van der Waals surface area contributed by atoms with Crippen molar-refractivity contribution >= 4 is 18.0 Å². The fraction of sp³-hybridized carbons (Fsp3) is 0.727. The predicted octanol–water partition coefficient (Wildman–Crippen LogP) is 0.356. The lowest BCUT2D eigenvalue weighted by Gasteiger charge is -2.23. The Bertz CT molecular complexity index is 340. The lowest BCUT2D eigenvalue weighted by Crippen LogP contribution is -2.49. The van der Waals surface area contributed by atoms with Crippen LogP contribution in [-0.2, 0) is 9.59 Å². The molecule has 3 N–H and O–H groups in total. The lowest BCUT2D eigenvalue weighted by atomic mass is 10.2. The van der Waals surface area contributed by atoms with E-state index in [0.717, 1.165) is 12.8 Å². The van der Waals surface area contributed by atoms with E-state index in [2.05, 4.69) is 5.32 Å². The maximum Gasteiger partial charge on any atom is 0.326 e. The van der Waals surface area contributed by atoms with Crippen molar-refractivity contribution < 1.29 is 24.6 Å². The fourth-order valence-corrected chi connectivity index (χ4v) is 1.58. The Kier molecular flexibility index (Phi) is 4.94. The van der Waals surface area contributed by atoms with Gasteiger partial charge in [-0.15, -0.1) is 0 Å². The van der Waals surface area contributed by atoms with E-state index in [1.807, 2.05) is 0 Å². The number of urea groups is 1. The Morgan fingerprint density at radius 3 is 2.33 bits per heavy atom. The standard InChI is InChI=1S/C11H18N2O5/c1-2-13(6-7-3-4-7)11(18)12-8(10(16)17)5-9(14)15/h7-8H,2-6H2,1H3,(H,12,18)(H,14,15)(H,16,17). The zero-order valence-electron chi connectivity index (χ0n) is 10.3. The van der Waals surface area contributed by atoms with E-state index in [1.54, 1.807) is 6.92 Å². The monoisotopic (exact) mass is 258 g/mol. The Hall–Kier alpha value is -1.79. The molecule has 0 heterocycles. The molecule has 0 aromatic rings. The number of aliphatic carboxylic acids is 2. The molecule has 0 radical (unpaired) electrons. The SMILES string of the molecule is CCN(CC1CC1)C(=O)NC(CC(=O)O)C(=O)O. The highest BCUT2D eigenvalue weighted by Gasteiger charge is 2.29. The molecule has 1 unspecified atom stereocenters. The van der Waals surface area contributed by atoms with Crippen molar-refractivity contribution in [3.63, 3.8) is 0 Å². The zero-order valence-corrected chi connectivity index (χ0v) is 10.3. The molecule has 0 aliphatic heterocycles. The first-order chi connectivity index (χ1) is 8.43. The summed E-state index contributed by atoms with van der Waals surface area (Å²) in [7, 11) is 0. The fourth-order valence-electron chi connectivity index (χ4n) is 1.58. The van der Waals surface area contributed by atoms with Crippen LogP contribution in [0.3, 0.4) is 0 Å². The van der Waals surface area contributed by atoms with Gasteiger partial charge < -0.3 is 20.4 Å². The lowest BCUT2D eigenvalue weighted by molar-refractivity contribution is -0.145. The molecule has 2 amide bonds. The van der Waals surface area contributed by atoms with Gasteiger partial charge in [0, 0.05) is 13.1 Å². The van der Waals surface area contributed by atoms with E-state index in [1.165, 1.54) is 4.90 Å². The van der Waals surface area contributed by atoms with E-state index >= 15 is 0 Å². The van der Waals surface area contributed by atoms with E-state index in [4.69, 9.17) is 10.2 Å². The summed E-state index contributed by atoms with van der Waals surface area (Å²) >= 11 is 0. The van der Waals surface area contributed by atoms with Gasteiger partial charge in [-0.1, -0.05) is 0 Å². The molecule has 0 spiro atoms. The third-order valence-corrected chi connectivity index (χ3v) is 2.82. The van der Waals surface area contributed by atoms with Crippen molar-refractivity contribution in [2.45, 2.75) is 32.2 Å². The number of carbonyl (C=O) groups is 3. The minimum absolute atomic E-state index is 0.474. The summed E-state index contributed by atoms with van der Waals surface area (Å²) in [6.07, 6.45) is 1.55. The predicted molar refractivity (Wildman–Crippen MR) is 62.2 cm³/mol. The molecule has 1 aliphatic rings. The second-order valence-corrected chi connectivity index (χ2v) is 4.42. The molecule has 1 rings (SSSR count). The van der Waals surface area contributed by atoms with Crippen LogP contribution in [0.1, 0.15) is 26.2 Å². The number of rotatable bonds is 7. The molecule has 7 nitrogen and oxygen atoms in total. The van der Waals surface area contributed by atoms with Gasteiger partial charge >= 0.3 is 18.0 Å². The van der Waals surface area contributed by atoms with Crippen molar-refractivity contribution in [1.29, 1.82) is 0 Å². The van der Waals surface area contributed by atoms with E-state index < -0.39 is 30.4 Å². The number of carboxylic acids is 2. The van der Waals surface area contributed by atoms with E-state index in [0.29, 0.717) is 19.0 Å². The van der Waals surface area contributed by atoms with Crippen molar-refractivity contribution in [3.8, 4) is 0 Å². The van der Waals surface area contributed by atoms with Crippen LogP contribution in [0.25, 0.3) is 0 Å². The Labute approximate surface area is 105 Å². The number of carbonyl (C=O) groups excluding carboxylic acids is 1. The van der Waals surface area contributed by atoms with Gasteiger partial charge in [-0.25, -0.2) is 9.59 Å². The third-order valence-electron chi connectivity index (χ3n) is 2.82. The van der Waals surface area contributed by atoms with Gasteiger partial charge in [0.05, 0.1) is 6.42 Å². The highest BCUT2D eigenvalue weighted by atomic mass is 16.4. The Morgan fingerprint density at radius 1 is 1.33 bits per heavy atom. The zero-order chi connectivity index (χ0) is 13.7. The Morgan fingerprint density at radius 2 is 1.94 bits per heavy atom. The number of carboxylic acid groups (broad SMARTS) is 2. The summed E-state index contributed by atoms with van der Waals surface area (Å²) in [5.41, 5.74) is 0. The molecule has 7 heteroatoms.